The van der Waals surface area contributed by atoms with Gasteiger partial charge in [0.05, 0.1) is 6.67 Å². The van der Waals surface area contributed by atoms with E-state index in [4.69, 9.17) is 0 Å². The molecule has 1 unspecified atom stereocenters. The zero-order chi connectivity index (χ0) is 8.10. The summed E-state index contributed by atoms with van der Waals surface area (Å²) in [6.07, 6.45) is 1.91. The summed E-state index contributed by atoms with van der Waals surface area (Å²) in [4.78, 5) is 0. The predicted octanol–water partition coefficient (Wildman–Crippen LogP) is 2.19. The van der Waals surface area contributed by atoms with Gasteiger partial charge in [-0.25, -0.2) is 0 Å². The van der Waals surface area contributed by atoms with Crippen LogP contribution in [0.1, 0.15) is 0 Å². The smallest absolute Gasteiger partial charge is 0.127 e. The van der Waals surface area contributed by atoms with Crippen molar-refractivity contribution in [1.29, 1.82) is 0 Å². The summed E-state index contributed by atoms with van der Waals surface area (Å²) in [7, 11) is 3.63. The first kappa shape index (κ1) is 10.1. The van der Waals surface area contributed by atoms with Crippen LogP contribution in [-0.4, -0.2) is 20.8 Å². The van der Waals surface area contributed by atoms with Gasteiger partial charge in [-0.2, -0.15) is 3.71 Å². The molecule has 0 radical (unpaired) electrons. The highest BCUT2D eigenvalue weighted by molar-refractivity contribution is 8.78. The van der Waals surface area contributed by atoms with Crippen LogP contribution < -0.4 is 5.32 Å². The first-order chi connectivity index (χ1) is 5.33. The predicted molar refractivity (Wildman–Crippen MR) is 60.5 cm³/mol. The van der Waals surface area contributed by atoms with Crippen molar-refractivity contribution in [3.05, 3.63) is 12.7 Å². The van der Waals surface area contributed by atoms with Crippen LogP contribution in [0, 0.1) is 0 Å². The molecule has 1 aliphatic rings. The van der Waals surface area contributed by atoms with Gasteiger partial charge in [0.1, 0.15) is 4.71 Å². The van der Waals surface area contributed by atoms with Crippen LogP contribution in [0.2, 0.25) is 0 Å². The highest BCUT2D eigenvalue weighted by atomic mass is 33.1. The van der Waals surface area contributed by atoms with Crippen LogP contribution in [0.25, 0.3) is 0 Å². The van der Waals surface area contributed by atoms with Crippen molar-refractivity contribution in [3.8, 4) is 0 Å². The number of hydrogen-bond acceptors (Lipinski definition) is 6. The summed E-state index contributed by atoms with van der Waals surface area (Å²) in [5.74, 6) is 0.996. The monoisotopic (exact) mass is 226 g/mol. The zero-order valence-corrected chi connectivity index (χ0v) is 9.24. The number of nitrogens with zero attached hydrogens (tertiary/aromatic N) is 1. The Bertz CT molecular complexity index is 132. The van der Waals surface area contributed by atoms with E-state index in [1.165, 1.54) is 0 Å². The Balaban J connectivity index is 2.03. The number of thiol groups is 1. The average Bonchev–Trinajstić information content (AvgIpc) is 2.37. The van der Waals surface area contributed by atoms with Gasteiger partial charge in [-0.3, -0.25) is 5.32 Å². The molecule has 11 heavy (non-hydrogen) atoms. The van der Waals surface area contributed by atoms with Crippen molar-refractivity contribution in [2.45, 2.75) is 4.71 Å². The highest BCUT2D eigenvalue weighted by Gasteiger charge is 2.20. The molecule has 0 aromatic heterocycles. The largest absolute Gasteiger partial charge is 0.281 e. The first-order valence-electron chi connectivity index (χ1n) is 3.08. The van der Waals surface area contributed by atoms with Gasteiger partial charge in [-0.15, -0.1) is 6.58 Å². The molecule has 0 spiro atoms. The van der Waals surface area contributed by atoms with Crippen molar-refractivity contribution in [3.63, 3.8) is 0 Å². The van der Waals surface area contributed by atoms with Crippen molar-refractivity contribution in [1.82, 2.24) is 9.03 Å². The van der Waals surface area contributed by atoms with Crippen LogP contribution in [0.4, 0.5) is 0 Å². The summed E-state index contributed by atoms with van der Waals surface area (Å²) < 4.78 is 2.34. The molecule has 64 valence electrons. The van der Waals surface area contributed by atoms with E-state index in [0.29, 0.717) is 4.71 Å². The molecule has 1 fully saturated rings. The maximum absolute atomic E-state index is 4.19. The molecule has 1 N–H and O–H groups in total. The SMILES string of the molecule is C=CCSSC1NCN(S)S1. The third kappa shape index (κ3) is 4.00. The Hall–Kier alpha value is 1.06. The molecule has 1 aliphatic heterocycles. The third-order valence-electron chi connectivity index (χ3n) is 0.952. The molecular formula is C5H10N2S4. The quantitative estimate of drug-likeness (QED) is 0.250. The topological polar surface area (TPSA) is 15.3 Å². The minimum Gasteiger partial charge on any atom is -0.281 e. The van der Waals surface area contributed by atoms with Crippen molar-refractivity contribution in [2.24, 2.45) is 0 Å². The molecule has 0 saturated carbocycles. The van der Waals surface area contributed by atoms with Crippen molar-refractivity contribution < 1.29 is 0 Å². The van der Waals surface area contributed by atoms with Gasteiger partial charge in [0.25, 0.3) is 0 Å². The van der Waals surface area contributed by atoms with E-state index in [-0.39, 0.29) is 0 Å². The summed E-state index contributed by atoms with van der Waals surface area (Å²) in [5.41, 5.74) is 0. The average molecular weight is 226 g/mol. The van der Waals surface area contributed by atoms with Crippen LogP contribution in [-0.2, 0) is 0 Å². The van der Waals surface area contributed by atoms with Crippen molar-refractivity contribution in [2.75, 3.05) is 12.4 Å². The Labute approximate surface area is 85.0 Å². The number of hydrogen-bond donors (Lipinski definition) is 2. The van der Waals surface area contributed by atoms with Crippen LogP contribution >= 0.6 is 46.4 Å². The molecule has 0 amide bonds. The lowest BCUT2D eigenvalue weighted by Crippen LogP contribution is -2.16. The third-order valence-corrected chi connectivity index (χ3v) is 5.26. The van der Waals surface area contributed by atoms with Gasteiger partial charge in [0, 0.05) is 5.75 Å². The Morgan fingerprint density at radius 1 is 1.91 bits per heavy atom. The van der Waals surface area contributed by atoms with Gasteiger partial charge in [0.15, 0.2) is 0 Å². The normalized spacial score (nSPS) is 25.7. The Morgan fingerprint density at radius 3 is 3.27 bits per heavy atom. The van der Waals surface area contributed by atoms with Crippen LogP contribution in [0.3, 0.4) is 0 Å². The van der Waals surface area contributed by atoms with Gasteiger partial charge in [-0.1, -0.05) is 40.5 Å². The molecular weight excluding hydrogens is 216 g/mol. The molecule has 0 bridgehead atoms. The molecule has 6 heteroatoms. The molecule has 2 nitrogen and oxygen atoms in total. The van der Waals surface area contributed by atoms with Crippen LogP contribution in [0.15, 0.2) is 12.7 Å². The minimum absolute atomic E-state index is 0.442. The fraction of sp³-hybridized carbons (Fsp3) is 0.600. The number of nitrogens with one attached hydrogen (secondary N) is 1. The molecule has 1 saturated heterocycles. The lowest BCUT2D eigenvalue weighted by molar-refractivity contribution is 0.685. The standard InChI is InChI=1S/C5H10N2S4/c1-2-3-9-11-5-6-4-7(8)10-5/h2,5-6,8H,1,3-4H2. The summed E-state index contributed by atoms with van der Waals surface area (Å²) in [6.45, 7) is 4.50. The van der Waals surface area contributed by atoms with Crippen molar-refractivity contribution >= 4 is 46.4 Å². The van der Waals surface area contributed by atoms with E-state index >= 15 is 0 Å². The molecule has 1 heterocycles. The fourth-order valence-electron chi connectivity index (χ4n) is 0.538. The fourth-order valence-corrected chi connectivity index (χ4v) is 4.42. The van der Waals surface area contributed by atoms with Gasteiger partial charge >= 0.3 is 0 Å². The highest BCUT2D eigenvalue weighted by Crippen LogP contribution is 2.37. The lowest BCUT2D eigenvalue weighted by Gasteiger charge is -2.05. The molecule has 0 aliphatic carbocycles. The number of rotatable bonds is 4. The molecule has 1 atom stereocenters. The van der Waals surface area contributed by atoms with E-state index < -0.39 is 0 Å². The lowest BCUT2D eigenvalue weighted by atomic mass is 10.8. The second-order valence-corrected chi connectivity index (χ2v) is 6.51. The molecule has 0 aromatic rings. The maximum Gasteiger partial charge on any atom is 0.127 e. The van der Waals surface area contributed by atoms with E-state index in [1.807, 2.05) is 31.4 Å². The minimum atomic E-state index is 0.442. The maximum atomic E-state index is 4.19. The molecule has 0 aromatic carbocycles. The molecule has 1 rings (SSSR count). The first-order valence-corrected chi connectivity index (χ1v) is 6.70. The van der Waals surface area contributed by atoms with E-state index in [0.717, 1.165) is 12.4 Å². The van der Waals surface area contributed by atoms with E-state index in [9.17, 15) is 0 Å². The summed E-state index contributed by atoms with van der Waals surface area (Å²) in [5, 5.41) is 3.29. The van der Waals surface area contributed by atoms with Gasteiger partial charge in [0.2, 0.25) is 0 Å². The Morgan fingerprint density at radius 2 is 2.73 bits per heavy atom. The Kier molecular flexibility index (Phi) is 5.22. The van der Waals surface area contributed by atoms with Gasteiger partial charge < -0.3 is 0 Å². The second-order valence-electron chi connectivity index (χ2n) is 1.82. The van der Waals surface area contributed by atoms with Gasteiger partial charge in [-0.05, 0) is 11.9 Å². The summed E-state index contributed by atoms with van der Waals surface area (Å²) in [6, 6.07) is 0. The zero-order valence-electron chi connectivity index (χ0n) is 5.90. The van der Waals surface area contributed by atoms with E-state index in [2.05, 4.69) is 24.7 Å². The van der Waals surface area contributed by atoms with Crippen LogP contribution in [0.5, 0.6) is 0 Å². The van der Waals surface area contributed by atoms with E-state index in [1.54, 1.807) is 11.9 Å². The summed E-state index contributed by atoms with van der Waals surface area (Å²) >= 11 is 5.90. The second kappa shape index (κ2) is 5.66.